The zero-order valence-electron chi connectivity index (χ0n) is 17.1. The van der Waals surface area contributed by atoms with Crippen LogP contribution >= 0.6 is 31.9 Å². The lowest BCUT2D eigenvalue weighted by Gasteiger charge is -2.09. The quantitative estimate of drug-likeness (QED) is 0.0908. The van der Waals surface area contributed by atoms with Crippen LogP contribution in [0.5, 0.6) is 11.5 Å². The maximum atomic E-state index is 11.4. The number of urea groups is 1. The molecule has 1 heterocycles. The van der Waals surface area contributed by atoms with Gasteiger partial charge in [-0.1, -0.05) is 31.9 Å². The number of nitrogens with two attached hydrogens (primary N) is 2. The summed E-state index contributed by atoms with van der Waals surface area (Å²) in [6, 6.07) is 10.1. The minimum Gasteiger partial charge on any atom is -0.495 e. The number of nitrogens with one attached hydrogen (secondary N) is 4. The van der Waals surface area contributed by atoms with Gasteiger partial charge in [-0.2, -0.15) is 5.10 Å². The van der Waals surface area contributed by atoms with Crippen LogP contribution in [0.25, 0.3) is 5.69 Å². The minimum atomic E-state index is -0.495. The molecule has 0 fully saturated rings. The summed E-state index contributed by atoms with van der Waals surface area (Å²) in [4.78, 5) is 22.3. The van der Waals surface area contributed by atoms with Crippen molar-refractivity contribution in [1.29, 1.82) is 5.41 Å². The number of rotatable bonds is 4. The molecule has 0 atom stereocenters. The van der Waals surface area contributed by atoms with Gasteiger partial charge in [-0.15, -0.1) is 0 Å². The number of hydrogen-bond acceptors (Lipinski definition) is 7. The van der Waals surface area contributed by atoms with E-state index in [1.54, 1.807) is 37.4 Å². The smallest absolute Gasteiger partial charge is 0.347 e. The summed E-state index contributed by atoms with van der Waals surface area (Å²) in [6.45, 7) is 0. The van der Waals surface area contributed by atoms with Crippen molar-refractivity contribution < 1.29 is 14.3 Å². The highest BCUT2D eigenvalue weighted by molar-refractivity contribution is 9.10. The van der Waals surface area contributed by atoms with Crippen molar-refractivity contribution in [1.82, 2.24) is 20.2 Å². The Morgan fingerprint density at radius 2 is 1.72 bits per heavy atom. The number of H-pyrrole nitrogens is 1. The van der Waals surface area contributed by atoms with Crippen LogP contribution in [0.4, 0.5) is 10.5 Å². The number of amides is 2. The second-order valence-electron chi connectivity index (χ2n) is 5.46. The average Bonchev–Trinajstić information content (AvgIpc) is 3.21. The summed E-state index contributed by atoms with van der Waals surface area (Å²) in [7, 11) is 3.07. The molecule has 8 N–H and O–H groups in total. The molecule has 0 aliphatic rings. The van der Waals surface area contributed by atoms with Crippen LogP contribution in [0, 0.1) is 5.41 Å². The molecule has 3 aromatic rings. The van der Waals surface area contributed by atoms with E-state index >= 15 is 0 Å². The maximum absolute atomic E-state index is 11.4. The first-order valence-electron chi connectivity index (χ1n) is 8.58. The second-order valence-corrected chi connectivity index (χ2v) is 7.29. The highest BCUT2D eigenvalue weighted by Crippen LogP contribution is 2.28. The summed E-state index contributed by atoms with van der Waals surface area (Å²) in [5, 5.41) is 14.4. The Bertz CT molecular complexity index is 1090. The van der Waals surface area contributed by atoms with Crippen LogP contribution in [-0.2, 0) is 0 Å². The van der Waals surface area contributed by atoms with E-state index in [9.17, 15) is 9.59 Å². The van der Waals surface area contributed by atoms with E-state index in [0.29, 0.717) is 22.9 Å². The highest BCUT2D eigenvalue weighted by Gasteiger charge is 2.08. The third-order valence-electron chi connectivity index (χ3n) is 3.50. The van der Waals surface area contributed by atoms with E-state index < -0.39 is 6.03 Å². The first kappa shape index (κ1) is 26.7. The molecule has 2 amide bonds. The fourth-order valence-electron chi connectivity index (χ4n) is 2.20. The topological polar surface area (TPSA) is 186 Å². The molecule has 2 aromatic carbocycles. The maximum Gasteiger partial charge on any atom is 0.347 e. The number of benzene rings is 2. The third-order valence-corrected chi connectivity index (χ3v) is 4.48. The number of aromatic nitrogens is 3. The van der Waals surface area contributed by atoms with Crippen molar-refractivity contribution in [3.05, 3.63) is 62.2 Å². The number of carbonyl (C=O) groups excluding carboxylic acids is 1. The Morgan fingerprint density at radius 1 is 1.16 bits per heavy atom. The molecule has 32 heavy (non-hydrogen) atoms. The zero-order valence-corrected chi connectivity index (χ0v) is 20.2. The van der Waals surface area contributed by atoms with Crippen LogP contribution in [0.15, 0.2) is 56.5 Å². The average molecular weight is 574 g/mol. The van der Waals surface area contributed by atoms with Crippen molar-refractivity contribution >= 4 is 49.9 Å². The first-order chi connectivity index (χ1) is 15.3. The Kier molecular flexibility index (Phi) is 11.5. The van der Waals surface area contributed by atoms with Gasteiger partial charge in [0, 0.05) is 8.95 Å². The van der Waals surface area contributed by atoms with Gasteiger partial charge >= 0.3 is 11.7 Å². The van der Waals surface area contributed by atoms with Crippen molar-refractivity contribution in [2.75, 3.05) is 19.5 Å². The molecule has 0 spiro atoms. The summed E-state index contributed by atoms with van der Waals surface area (Å²) in [5.41, 5.74) is 7.26. The predicted molar refractivity (Wildman–Crippen MR) is 128 cm³/mol. The van der Waals surface area contributed by atoms with E-state index in [4.69, 9.17) is 20.7 Å². The molecule has 1 aromatic heterocycles. The molecule has 14 heteroatoms. The number of methoxy groups -OCH3 is 2. The molecule has 0 saturated carbocycles. The van der Waals surface area contributed by atoms with Crippen molar-refractivity contribution in [3.63, 3.8) is 0 Å². The fraction of sp³-hybridized carbons (Fsp3) is 0.111. The van der Waals surface area contributed by atoms with Crippen LogP contribution in [0.2, 0.25) is 0 Å². The first-order valence-corrected chi connectivity index (χ1v) is 10.2. The van der Waals surface area contributed by atoms with Gasteiger partial charge in [0.2, 0.25) is 0 Å². The molecule has 0 aliphatic carbocycles. The van der Waals surface area contributed by atoms with Crippen molar-refractivity contribution in [2.45, 2.75) is 0 Å². The van der Waals surface area contributed by atoms with Crippen LogP contribution in [0.3, 0.4) is 0 Å². The number of halogens is 2. The monoisotopic (exact) mass is 572 g/mol. The predicted octanol–water partition coefficient (Wildman–Crippen LogP) is 2.34. The number of hydrogen-bond donors (Lipinski definition) is 6. The van der Waals surface area contributed by atoms with Gasteiger partial charge in [-0.3, -0.25) is 10.8 Å². The molecular weight excluding hydrogens is 552 g/mol. The number of ether oxygens (including phenoxy) is 2. The van der Waals surface area contributed by atoms with E-state index in [1.807, 2.05) is 11.5 Å². The van der Waals surface area contributed by atoms with Gasteiger partial charge < -0.3 is 20.5 Å². The third kappa shape index (κ3) is 8.05. The molecule has 0 bridgehead atoms. The number of hydrazine groups is 1. The van der Waals surface area contributed by atoms with Crippen molar-refractivity contribution in [2.24, 2.45) is 11.6 Å². The fourth-order valence-corrected chi connectivity index (χ4v) is 2.88. The Balaban J connectivity index is 0.000000286. The van der Waals surface area contributed by atoms with Gasteiger partial charge in [0.15, 0.2) is 0 Å². The summed E-state index contributed by atoms with van der Waals surface area (Å²) in [5.74, 6) is 6.09. The number of carbonyl (C=O) groups is 1. The number of nitrogens with zero attached hydrogens (tertiary/aromatic N) is 2. The van der Waals surface area contributed by atoms with Gasteiger partial charge in [0.05, 0.1) is 31.9 Å². The van der Waals surface area contributed by atoms with Gasteiger partial charge in [-0.05, 0) is 36.4 Å². The summed E-state index contributed by atoms with van der Waals surface area (Å²) < 4.78 is 13.4. The largest absolute Gasteiger partial charge is 0.495 e. The molecular formula is C18H22Br2N8O4. The molecule has 3 rings (SSSR count). The Labute approximate surface area is 200 Å². The van der Waals surface area contributed by atoms with Gasteiger partial charge in [0.25, 0.3) is 0 Å². The van der Waals surface area contributed by atoms with Gasteiger partial charge in [0.1, 0.15) is 17.8 Å². The lowest BCUT2D eigenvalue weighted by molar-refractivity contribution is 0.252. The lowest BCUT2D eigenvalue weighted by Crippen LogP contribution is -2.34. The highest BCUT2D eigenvalue weighted by atomic mass is 79.9. The number of anilines is 1. The zero-order chi connectivity index (χ0) is 24.1. The molecule has 172 valence electrons. The molecule has 0 unspecified atom stereocenters. The van der Waals surface area contributed by atoms with Crippen LogP contribution in [-0.4, -0.2) is 41.4 Å². The molecule has 0 saturated heterocycles. The standard InChI is InChI=1S/C9H8BrN3O2.C8H10BrN3O2.CH4N2/c1-15-8-4-6(10)2-3-7(8)13-5-11-12-9(13)14;1-14-7-4-5(9)2-3-6(7)11-8(13)12-10;2-1-3/h2-5H,1H3,(H,12,14);2-4H,10H2,1H3,(H2,11,12,13);1H,(H3,2,3). The molecule has 0 radical (unpaired) electrons. The van der Waals surface area contributed by atoms with E-state index in [-0.39, 0.29) is 5.69 Å². The SMILES string of the molecule is COc1cc(Br)ccc1-n1cn[nH]c1=O.COc1cc(Br)ccc1NC(=O)NN.N=CN. The molecule has 12 nitrogen and oxygen atoms in total. The Morgan fingerprint density at radius 3 is 2.22 bits per heavy atom. The summed E-state index contributed by atoms with van der Waals surface area (Å²) >= 11 is 6.62. The normalized spacial score (nSPS) is 9.28. The Hall–Kier alpha value is -3.36. The minimum absolute atomic E-state index is 0.296. The second kappa shape index (κ2) is 13.8. The van der Waals surface area contributed by atoms with Gasteiger partial charge in [-0.25, -0.2) is 25.1 Å². The van der Waals surface area contributed by atoms with Crippen LogP contribution in [0.1, 0.15) is 0 Å². The van der Waals surface area contributed by atoms with Crippen molar-refractivity contribution in [3.8, 4) is 17.2 Å². The number of aromatic amines is 1. The molecule has 0 aliphatic heterocycles. The van der Waals surface area contributed by atoms with E-state index in [1.165, 1.54) is 18.0 Å². The van der Waals surface area contributed by atoms with E-state index in [2.05, 4.69) is 53.1 Å². The summed E-state index contributed by atoms with van der Waals surface area (Å²) in [6.07, 6.45) is 2.16. The lowest BCUT2D eigenvalue weighted by atomic mass is 10.3. The van der Waals surface area contributed by atoms with Crippen LogP contribution < -0.4 is 37.5 Å². The van der Waals surface area contributed by atoms with E-state index in [0.717, 1.165) is 15.3 Å².